The summed E-state index contributed by atoms with van der Waals surface area (Å²) in [6, 6.07) is 11.3. The van der Waals surface area contributed by atoms with Gasteiger partial charge >= 0.3 is 0 Å². The molecule has 0 atom stereocenters. The smallest absolute Gasteiger partial charge is 0.224 e. The molecule has 0 bridgehead atoms. The number of benzene rings is 2. The molecule has 1 fully saturated rings. The van der Waals surface area contributed by atoms with Crippen LogP contribution in [0.2, 0.25) is 5.02 Å². The van der Waals surface area contributed by atoms with Gasteiger partial charge in [0.2, 0.25) is 5.91 Å². The highest BCUT2D eigenvalue weighted by Crippen LogP contribution is 2.35. The highest BCUT2D eigenvalue weighted by molar-refractivity contribution is 6.30. The molecule has 3 nitrogen and oxygen atoms in total. The van der Waals surface area contributed by atoms with Crippen LogP contribution >= 0.6 is 11.6 Å². The van der Waals surface area contributed by atoms with Gasteiger partial charge in [-0.1, -0.05) is 35.9 Å². The molecule has 2 aromatic carbocycles. The second-order valence-electron chi connectivity index (χ2n) is 6.69. The lowest BCUT2D eigenvalue weighted by Gasteiger charge is -2.26. The van der Waals surface area contributed by atoms with Crippen molar-refractivity contribution >= 4 is 41.1 Å². The zero-order valence-electron chi connectivity index (χ0n) is 14.0. The van der Waals surface area contributed by atoms with Gasteiger partial charge in [0, 0.05) is 23.4 Å². The largest absolute Gasteiger partial charge is 0.308 e. The molecule has 0 aromatic heterocycles. The number of anilines is 1. The van der Waals surface area contributed by atoms with Crippen molar-refractivity contribution in [2.24, 2.45) is 5.92 Å². The molecule has 4 heteroatoms. The van der Waals surface area contributed by atoms with Crippen LogP contribution < -0.4 is 4.90 Å². The first kappa shape index (κ1) is 16.1. The zero-order valence-corrected chi connectivity index (χ0v) is 14.7. The minimum absolute atomic E-state index is 0.0250. The molecule has 1 saturated carbocycles. The molecular formula is C21H18ClNO2. The summed E-state index contributed by atoms with van der Waals surface area (Å²) in [5, 5.41) is 0.630. The summed E-state index contributed by atoms with van der Waals surface area (Å²) in [6.45, 7) is 2.04. The van der Waals surface area contributed by atoms with Gasteiger partial charge in [-0.3, -0.25) is 9.59 Å². The van der Waals surface area contributed by atoms with Crippen molar-refractivity contribution in [3.8, 4) is 0 Å². The molecule has 0 unspecified atom stereocenters. The van der Waals surface area contributed by atoms with E-state index in [4.69, 9.17) is 11.6 Å². The van der Waals surface area contributed by atoms with Crippen LogP contribution in [0.25, 0.3) is 12.2 Å². The number of amides is 1. The first-order valence-corrected chi connectivity index (χ1v) is 8.83. The fourth-order valence-electron chi connectivity index (χ4n) is 3.25. The number of carbonyl (C=O) groups excluding carboxylic acids is 2. The van der Waals surface area contributed by atoms with Crippen molar-refractivity contribution in [2.45, 2.75) is 26.3 Å². The number of nitrogens with zero attached hydrogens (tertiary/aromatic N) is 1. The second kappa shape index (κ2) is 6.16. The van der Waals surface area contributed by atoms with Crippen LogP contribution in [0.3, 0.4) is 0 Å². The highest BCUT2D eigenvalue weighted by atomic mass is 35.5. The Labute approximate surface area is 151 Å². The van der Waals surface area contributed by atoms with E-state index >= 15 is 0 Å². The van der Waals surface area contributed by atoms with E-state index in [-0.39, 0.29) is 17.6 Å². The summed E-state index contributed by atoms with van der Waals surface area (Å²) < 4.78 is 0. The average molecular weight is 352 g/mol. The predicted octanol–water partition coefficient (Wildman–Crippen LogP) is 4.97. The molecule has 0 radical (unpaired) electrons. The quantitative estimate of drug-likeness (QED) is 0.716. The minimum atomic E-state index is -0.0250. The summed E-state index contributed by atoms with van der Waals surface area (Å²) in [5.74, 6) is 0.400. The number of hydrogen-bond acceptors (Lipinski definition) is 2. The Morgan fingerprint density at radius 3 is 2.52 bits per heavy atom. The monoisotopic (exact) mass is 351 g/mol. The van der Waals surface area contributed by atoms with E-state index in [9.17, 15) is 9.59 Å². The molecule has 2 aliphatic rings. The van der Waals surface area contributed by atoms with E-state index in [1.165, 1.54) is 0 Å². The molecule has 2 aromatic rings. The van der Waals surface area contributed by atoms with E-state index in [1.807, 2.05) is 42.5 Å². The van der Waals surface area contributed by atoms with Crippen molar-refractivity contribution in [3.63, 3.8) is 0 Å². The van der Waals surface area contributed by atoms with Crippen LogP contribution in [-0.4, -0.2) is 11.7 Å². The molecule has 4 rings (SSSR count). The van der Waals surface area contributed by atoms with Gasteiger partial charge in [0.1, 0.15) is 0 Å². The lowest BCUT2D eigenvalue weighted by molar-refractivity contribution is -0.116. The molecule has 1 aliphatic heterocycles. The normalized spacial score (nSPS) is 15.8. The van der Waals surface area contributed by atoms with Gasteiger partial charge in [0.15, 0.2) is 5.78 Å². The summed E-state index contributed by atoms with van der Waals surface area (Å²) in [7, 11) is 0. The van der Waals surface area contributed by atoms with E-state index in [1.54, 1.807) is 17.9 Å². The molecule has 1 amide bonds. The van der Waals surface area contributed by atoms with Gasteiger partial charge < -0.3 is 4.90 Å². The molecule has 1 heterocycles. The van der Waals surface area contributed by atoms with Gasteiger partial charge in [0.25, 0.3) is 0 Å². The number of fused-ring (bicyclic) bond motifs is 2. The van der Waals surface area contributed by atoms with Crippen molar-refractivity contribution in [3.05, 3.63) is 63.7 Å². The number of ketones is 1. The van der Waals surface area contributed by atoms with E-state index in [0.29, 0.717) is 11.6 Å². The summed E-state index contributed by atoms with van der Waals surface area (Å²) >= 11 is 6.12. The Hall–Kier alpha value is -2.39. The Bertz CT molecular complexity index is 912. The minimum Gasteiger partial charge on any atom is -0.308 e. The van der Waals surface area contributed by atoms with Crippen LogP contribution in [0.4, 0.5) is 5.69 Å². The van der Waals surface area contributed by atoms with Gasteiger partial charge in [-0.25, -0.2) is 0 Å². The van der Waals surface area contributed by atoms with Crippen LogP contribution in [0.15, 0.2) is 36.4 Å². The summed E-state index contributed by atoms with van der Waals surface area (Å²) in [4.78, 5) is 26.3. The van der Waals surface area contributed by atoms with Crippen LogP contribution in [-0.2, 0) is 11.3 Å². The Balaban J connectivity index is 1.81. The molecular weight excluding hydrogens is 334 g/mol. The van der Waals surface area contributed by atoms with Crippen molar-refractivity contribution < 1.29 is 9.59 Å². The molecule has 1 aliphatic carbocycles. The summed E-state index contributed by atoms with van der Waals surface area (Å²) in [5.41, 5.74) is 4.50. The van der Waals surface area contributed by atoms with Crippen molar-refractivity contribution in [2.75, 3.05) is 4.90 Å². The maximum atomic E-state index is 12.4. The Morgan fingerprint density at radius 1 is 1.04 bits per heavy atom. The molecule has 25 heavy (non-hydrogen) atoms. The maximum Gasteiger partial charge on any atom is 0.224 e. The standard InChI is InChI=1S/C21H18ClNO2/c1-13(24)23-12-18-7-6-17(21(25)14-2-3-14)10-15(18)4-5-16-11-19(22)8-9-20(16)23/h4-11,14H,2-3,12H2,1H3. The Morgan fingerprint density at radius 2 is 1.80 bits per heavy atom. The SMILES string of the molecule is CC(=O)N1Cc2ccc(C(=O)C3CC3)cc2C=Cc2cc(Cl)ccc21. The third-order valence-corrected chi connectivity index (χ3v) is 5.05. The fourth-order valence-corrected chi connectivity index (χ4v) is 3.43. The maximum absolute atomic E-state index is 12.4. The van der Waals surface area contributed by atoms with E-state index < -0.39 is 0 Å². The lowest BCUT2D eigenvalue weighted by atomic mass is 9.96. The highest BCUT2D eigenvalue weighted by Gasteiger charge is 2.30. The topological polar surface area (TPSA) is 37.4 Å². The molecule has 0 N–H and O–H groups in total. The second-order valence-corrected chi connectivity index (χ2v) is 7.13. The number of rotatable bonds is 2. The van der Waals surface area contributed by atoms with Gasteiger partial charge in [-0.05, 0) is 53.8 Å². The predicted molar refractivity (Wildman–Crippen MR) is 101 cm³/mol. The van der Waals surface area contributed by atoms with Crippen LogP contribution in [0.5, 0.6) is 0 Å². The number of halogens is 1. The first-order chi connectivity index (χ1) is 12.0. The van der Waals surface area contributed by atoms with Gasteiger partial charge in [-0.15, -0.1) is 0 Å². The average Bonchev–Trinajstić information content (AvgIpc) is 3.41. The zero-order chi connectivity index (χ0) is 17.6. The third-order valence-electron chi connectivity index (χ3n) is 4.81. The first-order valence-electron chi connectivity index (χ1n) is 8.46. The van der Waals surface area contributed by atoms with Gasteiger partial charge in [0.05, 0.1) is 12.2 Å². The number of Topliss-reactive ketones (excluding diaryl/α,β-unsaturated/α-hetero) is 1. The van der Waals surface area contributed by atoms with E-state index in [0.717, 1.165) is 40.8 Å². The summed E-state index contributed by atoms with van der Waals surface area (Å²) in [6.07, 6.45) is 5.96. The third kappa shape index (κ3) is 3.12. The van der Waals surface area contributed by atoms with E-state index in [2.05, 4.69) is 0 Å². The number of carbonyl (C=O) groups is 2. The van der Waals surface area contributed by atoms with Crippen molar-refractivity contribution in [1.29, 1.82) is 0 Å². The van der Waals surface area contributed by atoms with Gasteiger partial charge in [-0.2, -0.15) is 0 Å². The molecule has 126 valence electrons. The van der Waals surface area contributed by atoms with Crippen molar-refractivity contribution in [1.82, 2.24) is 0 Å². The lowest BCUT2D eigenvalue weighted by Crippen LogP contribution is -2.29. The van der Waals surface area contributed by atoms with Crippen LogP contribution in [0, 0.1) is 5.92 Å². The molecule has 0 spiro atoms. The molecule has 0 saturated heterocycles. The Kier molecular flexibility index (Phi) is 3.97. The number of hydrogen-bond donors (Lipinski definition) is 0. The fraction of sp³-hybridized carbons (Fsp3) is 0.238. The van der Waals surface area contributed by atoms with Crippen LogP contribution in [0.1, 0.15) is 46.8 Å².